The number of hydrogen-bond acceptors (Lipinski definition) is 4. The van der Waals surface area contributed by atoms with E-state index in [1.54, 1.807) is 29.7 Å². The summed E-state index contributed by atoms with van der Waals surface area (Å²) in [6.45, 7) is 7.52. The van der Waals surface area contributed by atoms with E-state index in [1.807, 2.05) is 30.1 Å². The van der Waals surface area contributed by atoms with Gasteiger partial charge in [-0.15, -0.1) is 0 Å². The Hall–Kier alpha value is -1.94. The number of nitrogens with zero attached hydrogens (tertiary/aromatic N) is 3. The van der Waals surface area contributed by atoms with Crippen molar-refractivity contribution in [3.05, 3.63) is 48.1 Å². The molecule has 17 heavy (non-hydrogen) atoms. The second-order valence-electron chi connectivity index (χ2n) is 3.40. The first-order valence-corrected chi connectivity index (χ1v) is 5.98. The standard InChI is InChI=1S/C13H13N3S/c1-4-10-11(5-2)17-13(15-10)16(3)12-8-6-7-9-14-12/h4-9H,1-2H2,3H3. The summed E-state index contributed by atoms with van der Waals surface area (Å²) in [6, 6.07) is 5.79. The van der Waals surface area contributed by atoms with Gasteiger partial charge in [-0.2, -0.15) is 0 Å². The molecule has 4 heteroatoms. The second-order valence-corrected chi connectivity index (χ2v) is 4.41. The lowest BCUT2D eigenvalue weighted by molar-refractivity contribution is 1.10. The van der Waals surface area contributed by atoms with Crippen molar-refractivity contribution in [1.82, 2.24) is 9.97 Å². The molecule has 0 spiro atoms. The van der Waals surface area contributed by atoms with Crippen LogP contribution in [0.5, 0.6) is 0 Å². The van der Waals surface area contributed by atoms with Gasteiger partial charge >= 0.3 is 0 Å². The molecule has 3 nitrogen and oxygen atoms in total. The van der Waals surface area contributed by atoms with Gasteiger partial charge in [0.15, 0.2) is 5.13 Å². The quantitative estimate of drug-likeness (QED) is 0.821. The van der Waals surface area contributed by atoms with Gasteiger partial charge < -0.3 is 4.90 Å². The fourth-order valence-electron chi connectivity index (χ4n) is 1.42. The van der Waals surface area contributed by atoms with Crippen LogP contribution in [-0.4, -0.2) is 17.0 Å². The zero-order valence-corrected chi connectivity index (χ0v) is 10.4. The average molecular weight is 243 g/mol. The van der Waals surface area contributed by atoms with Crippen LogP contribution in [0, 0.1) is 0 Å². The van der Waals surface area contributed by atoms with Crippen molar-refractivity contribution < 1.29 is 0 Å². The number of aromatic nitrogens is 2. The van der Waals surface area contributed by atoms with Crippen LogP contribution in [0.15, 0.2) is 37.6 Å². The van der Waals surface area contributed by atoms with Gasteiger partial charge in [-0.3, -0.25) is 0 Å². The van der Waals surface area contributed by atoms with Crippen LogP contribution in [0.3, 0.4) is 0 Å². The molecule has 0 aliphatic rings. The molecular weight excluding hydrogens is 230 g/mol. The van der Waals surface area contributed by atoms with Crippen molar-refractivity contribution >= 4 is 34.4 Å². The highest BCUT2D eigenvalue weighted by atomic mass is 32.1. The Morgan fingerprint density at radius 3 is 2.65 bits per heavy atom. The van der Waals surface area contributed by atoms with Gasteiger partial charge in [-0.25, -0.2) is 9.97 Å². The number of hydrogen-bond donors (Lipinski definition) is 0. The van der Waals surface area contributed by atoms with Crippen molar-refractivity contribution in [2.75, 3.05) is 11.9 Å². The van der Waals surface area contributed by atoms with E-state index < -0.39 is 0 Å². The summed E-state index contributed by atoms with van der Waals surface area (Å²) in [5, 5.41) is 0.883. The molecule has 0 amide bonds. The number of anilines is 2. The molecule has 0 saturated carbocycles. The number of pyridine rings is 1. The maximum atomic E-state index is 4.49. The van der Waals surface area contributed by atoms with Gasteiger partial charge in [-0.1, -0.05) is 30.6 Å². The third-order valence-corrected chi connectivity index (χ3v) is 3.47. The van der Waals surface area contributed by atoms with E-state index >= 15 is 0 Å². The molecule has 0 aliphatic carbocycles. The van der Waals surface area contributed by atoms with E-state index in [4.69, 9.17) is 0 Å². The van der Waals surface area contributed by atoms with Gasteiger partial charge in [0.25, 0.3) is 0 Å². The first-order valence-electron chi connectivity index (χ1n) is 5.16. The molecule has 0 N–H and O–H groups in total. The molecule has 0 aliphatic heterocycles. The monoisotopic (exact) mass is 243 g/mol. The first kappa shape index (κ1) is 11.5. The van der Waals surface area contributed by atoms with Gasteiger partial charge in [0.05, 0.1) is 10.6 Å². The largest absolute Gasteiger partial charge is 0.305 e. The Labute approximate surface area is 105 Å². The Bertz CT molecular complexity index is 505. The van der Waals surface area contributed by atoms with Crippen molar-refractivity contribution in [2.45, 2.75) is 0 Å². The topological polar surface area (TPSA) is 29.0 Å². The van der Waals surface area contributed by atoms with E-state index in [-0.39, 0.29) is 0 Å². The highest BCUT2D eigenvalue weighted by Crippen LogP contribution is 2.30. The molecule has 0 radical (unpaired) electrons. The van der Waals surface area contributed by atoms with Crippen LogP contribution >= 0.6 is 11.3 Å². The predicted octanol–water partition coefficient (Wildman–Crippen LogP) is 3.59. The Morgan fingerprint density at radius 1 is 1.29 bits per heavy atom. The lowest BCUT2D eigenvalue weighted by Gasteiger charge is -2.13. The molecular formula is C13H13N3S. The third-order valence-electron chi connectivity index (χ3n) is 2.33. The van der Waals surface area contributed by atoms with Crippen LogP contribution < -0.4 is 4.90 Å². The molecule has 2 rings (SSSR count). The van der Waals surface area contributed by atoms with Crippen LogP contribution in [0.4, 0.5) is 10.9 Å². The van der Waals surface area contributed by atoms with Crippen molar-refractivity contribution in [3.8, 4) is 0 Å². The summed E-state index contributed by atoms with van der Waals surface area (Å²) < 4.78 is 0. The zero-order valence-electron chi connectivity index (χ0n) is 9.63. The normalized spacial score (nSPS) is 9.94. The number of rotatable bonds is 4. The van der Waals surface area contributed by atoms with Crippen molar-refractivity contribution in [1.29, 1.82) is 0 Å². The SMILES string of the molecule is C=Cc1nc(N(C)c2ccccn2)sc1C=C. The maximum absolute atomic E-state index is 4.49. The molecule has 2 heterocycles. The van der Waals surface area contributed by atoms with Gasteiger partial charge in [0.1, 0.15) is 5.82 Å². The molecule has 0 aromatic carbocycles. The Morgan fingerprint density at radius 2 is 2.12 bits per heavy atom. The van der Waals surface area contributed by atoms with Gasteiger partial charge in [0.2, 0.25) is 0 Å². The molecule has 0 fully saturated rings. The first-order chi connectivity index (χ1) is 8.26. The predicted molar refractivity (Wildman–Crippen MR) is 74.6 cm³/mol. The van der Waals surface area contributed by atoms with E-state index in [1.165, 1.54) is 0 Å². The van der Waals surface area contributed by atoms with Crippen LogP contribution in [0.2, 0.25) is 0 Å². The van der Waals surface area contributed by atoms with Gasteiger partial charge in [-0.05, 0) is 24.3 Å². The van der Waals surface area contributed by atoms with E-state index in [9.17, 15) is 0 Å². The maximum Gasteiger partial charge on any atom is 0.191 e. The fourth-order valence-corrected chi connectivity index (χ4v) is 2.31. The Kier molecular flexibility index (Phi) is 3.35. The fraction of sp³-hybridized carbons (Fsp3) is 0.0769. The molecule has 0 bridgehead atoms. The minimum atomic E-state index is 0.864. The van der Waals surface area contributed by atoms with Crippen LogP contribution in [0.1, 0.15) is 10.6 Å². The minimum Gasteiger partial charge on any atom is -0.305 e. The minimum absolute atomic E-state index is 0.864. The summed E-state index contributed by atoms with van der Waals surface area (Å²) in [6.07, 6.45) is 5.30. The lowest BCUT2D eigenvalue weighted by atomic mass is 10.3. The van der Waals surface area contributed by atoms with E-state index in [0.29, 0.717) is 0 Å². The third kappa shape index (κ3) is 2.26. The molecule has 2 aromatic heterocycles. The second kappa shape index (κ2) is 4.93. The smallest absolute Gasteiger partial charge is 0.191 e. The number of thiazole rings is 1. The summed E-state index contributed by atoms with van der Waals surface area (Å²) in [5.41, 5.74) is 0.864. The summed E-state index contributed by atoms with van der Waals surface area (Å²) in [7, 11) is 1.95. The molecule has 0 unspecified atom stereocenters. The summed E-state index contributed by atoms with van der Waals surface area (Å²) in [4.78, 5) is 11.8. The average Bonchev–Trinajstić information content (AvgIpc) is 2.82. The summed E-state index contributed by atoms with van der Waals surface area (Å²) in [5.74, 6) is 0.868. The molecule has 0 atom stereocenters. The molecule has 2 aromatic rings. The van der Waals surface area contributed by atoms with Crippen molar-refractivity contribution in [3.63, 3.8) is 0 Å². The van der Waals surface area contributed by atoms with Crippen LogP contribution in [0.25, 0.3) is 12.2 Å². The highest BCUT2D eigenvalue weighted by Gasteiger charge is 2.11. The highest BCUT2D eigenvalue weighted by molar-refractivity contribution is 7.16. The van der Waals surface area contributed by atoms with Crippen molar-refractivity contribution in [2.24, 2.45) is 0 Å². The van der Waals surface area contributed by atoms with E-state index in [0.717, 1.165) is 21.5 Å². The molecule has 0 saturated heterocycles. The Balaban J connectivity index is 2.37. The summed E-state index contributed by atoms with van der Waals surface area (Å²) >= 11 is 1.57. The van der Waals surface area contributed by atoms with Gasteiger partial charge in [0, 0.05) is 13.2 Å². The van der Waals surface area contributed by atoms with Crippen LogP contribution in [-0.2, 0) is 0 Å². The lowest BCUT2D eigenvalue weighted by Crippen LogP contribution is -2.10. The molecule has 86 valence electrons. The van der Waals surface area contributed by atoms with E-state index in [2.05, 4.69) is 23.1 Å². The zero-order chi connectivity index (χ0) is 12.3.